The summed E-state index contributed by atoms with van der Waals surface area (Å²) >= 11 is 5.93. The highest BCUT2D eigenvalue weighted by Crippen LogP contribution is 2.18. The molecule has 0 aliphatic carbocycles. The van der Waals surface area contributed by atoms with Crippen LogP contribution in [-0.4, -0.2) is 27.3 Å². The van der Waals surface area contributed by atoms with E-state index in [0.717, 1.165) is 5.56 Å². The minimum Gasteiger partial charge on any atom is -0.409 e. The number of amidine groups is 1. The molecular formula is C17H13ClN5O3. The van der Waals surface area contributed by atoms with Crippen molar-refractivity contribution in [1.29, 1.82) is 0 Å². The fraction of sp³-hybridized carbons (Fsp3) is 0. The summed E-state index contributed by atoms with van der Waals surface area (Å²) in [7, 11) is 0. The number of oxime groups is 1. The van der Waals surface area contributed by atoms with Gasteiger partial charge < -0.3 is 15.8 Å². The summed E-state index contributed by atoms with van der Waals surface area (Å²) < 4.78 is 4.66. The molecule has 2 aromatic carbocycles. The molecule has 0 atom stereocenters. The molecule has 0 saturated carbocycles. The summed E-state index contributed by atoms with van der Waals surface area (Å²) in [6, 6.07) is 13.4. The van der Waals surface area contributed by atoms with Gasteiger partial charge in [-0.2, -0.15) is 0 Å². The SMILES string of the molecule is [CH2]c1ccc(C(=O)Nc2nonc2C(=NO)Nc2cccc(Cl)c2)cc1. The van der Waals surface area contributed by atoms with Crippen LogP contribution in [0.3, 0.4) is 0 Å². The average molecular weight is 371 g/mol. The zero-order valence-electron chi connectivity index (χ0n) is 13.3. The molecule has 3 N–H and O–H groups in total. The Morgan fingerprint density at radius 1 is 1.15 bits per heavy atom. The Balaban J connectivity index is 1.80. The van der Waals surface area contributed by atoms with Crippen molar-refractivity contribution in [2.75, 3.05) is 10.6 Å². The Bertz CT molecular complexity index is 953. The minimum atomic E-state index is -0.429. The highest BCUT2D eigenvalue weighted by Gasteiger charge is 2.20. The lowest BCUT2D eigenvalue weighted by molar-refractivity contribution is 0.102. The molecule has 1 heterocycles. The van der Waals surface area contributed by atoms with Gasteiger partial charge in [0.05, 0.1) is 0 Å². The summed E-state index contributed by atoms with van der Waals surface area (Å²) in [6.07, 6.45) is 0. The van der Waals surface area contributed by atoms with Gasteiger partial charge in [-0.25, -0.2) is 4.63 Å². The van der Waals surface area contributed by atoms with Crippen molar-refractivity contribution in [3.05, 3.63) is 77.3 Å². The molecule has 0 aliphatic rings. The molecule has 1 amide bonds. The third-order valence-electron chi connectivity index (χ3n) is 3.35. The maximum atomic E-state index is 12.3. The first-order chi connectivity index (χ1) is 12.6. The lowest BCUT2D eigenvalue weighted by atomic mass is 10.1. The van der Waals surface area contributed by atoms with Crippen LogP contribution in [0.25, 0.3) is 0 Å². The maximum Gasteiger partial charge on any atom is 0.256 e. The first kappa shape index (κ1) is 17.4. The van der Waals surface area contributed by atoms with Crippen molar-refractivity contribution in [2.24, 2.45) is 5.16 Å². The van der Waals surface area contributed by atoms with Crippen molar-refractivity contribution in [3.63, 3.8) is 0 Å². The number of benzene rings is 2. The molecule has 0 saturated heterocycles. The molecule has 9 heteroatoms. The van der Waals surface area contributed by atoms with Crippen LogP contribution in [0.4, 0.5) is 11.5 Å². The number of halogens is 1. The van der Waals surface area contributed by atoms with Crippen LogP contribution in [0.2, 0.25) is 5.02 Å². The minimum absolute atomic E-state index is 0.00368. The average Bonchev–Trinajstić information content (AvgIpc) is 3.08. The van der Waals surface area contributed by atoms with E-state index in [1.165, 1.54) is 0 Å². The fourth-order valence-corrected chi connectivity index (χ4v) is 2.29. The smallest absolute Gasteiger partial charge is 0.256 e. The van der Waals surface area contributed by atoms with Crippen molar-refractivity contribution < 1.29 is 14.6 Å². The van der Waals surface area contributed by atoms with Gasteiger partial charge in [-0.1, -0.05) is 35.0 Å². The molecule has 0 spiro atoms. The Morgan fingerprint density at radius 3 is 2.62 bits per heavy atom. The maximum absolute atomic E-state index is 12.3. The molecule has 1 radical (unpaired) electrons. The molecule has 0 aliphatic heterocycles. The number of aromatic nitrogens is 2. The second-order valence-corrected chi connectivity index (χ2v) is 5.63. The van der Waals surface area contributed by atoms with Gasteiger partial charge in [0.15, 0.2) is 5.69 Å². The van der Waals surface area contributed by atoms with Crippen LogP contribution >= 0.6 is 11.6 Å². The van der Waals surface area contributed by atoms with Gasteiger partial charge in [0, 0.05) is 16.3 Å². The standard InChI is InChI=1S/C17H13ClN5O3/c1-10-5-7-11(8-6-10)17(24)20-16-14(22-26-23-16)15(21-25)19-13-4-2-3-12(18)9-13/h2-9,25H,1H2,(H,19,21)(H,20,23,24). The van der Waals surface area contributed by atoms with Gasteiger partial charge in [0.25, 0.3) is 5.91 Å². The molecule has 131 valence electrons. The highest BCUT2D eigenvalue weighted by molar-refractivity contribution is 6.31. The largest absolute Gasteiger partial charge is 0.409 e. The molecule has 0 bridgehead atoms. The van der Waals surface area contributed by atoms with Gasteiger partial charge in [0.1, 0.15) is 0 Å². The first-order valence-corrected chi connectivity index (χ1v) is 7.75. The molecule has 1 aromatic heterocycles. The number of amides is 1. The van der Waals surface area contributed by atoms with Crippen LogP contribution in [0.1, 0.15) is 21.6 Å². The lowest BCUT2D eigenvalue weighted by Gasteiger charge is -2.07. The van der Waals surface area contributed by atoms with E-state index < -0.39 is 5.91 Å². The Kier molecular flexibility index (Phi) is 5.14. The lowest BCUT2D eigenvalue weighted by Crippen LogP contribution is -2.19. The van der Waals surface area contributed by atoms with Crippen molar-refractivity contribution in [1.82, 2.24) is 10.3 Å². The summed E-state index contributed by atoms with van der Waals surface area (Å²) in [5.74, 6) is -0.505. The number of nitrogens with zero attached hydrogens (tertiary/aromatic N) is 3. The molecule has 3 rings (SSSR count). The topological polar surface area (TPSA) is 113 Å². The van der Waals surface area contributed by atoms with E-state index in [9.17, 15) is 10.0 Å². The van der Waals surface area contributed by atoms with E-state index in [1.807, 2.05) is 0 Å². The second kappa shape index (κ2) is 7.66. The van der Waals surface area contributed by atoms with Crippen LogP contribution in [0.5, 0.6) is 0 Å². The van der Waals surface area contributed by atoms with Crippen LogP contribution in [0.15, 0.2) is 58.3 Å². The number of rotatable bonds is 4. The van der Waals surface area contributed by atoms with E-state index in [0.29, 0.717) is 16.3 Å². The molecular weight excluding hydrogens is 358 g/mol. The van der Waals surface area contributed by atoms with Crippen LogP contribution < -0.4 is 10.6 Å². The molecule has 26 heavy (non-hydrogen) atoms. The van der Waals surface area contributed by atoms with Crippen LogP contribution in [-0.2, 0) is 0 Å². The van der Waals surface area contributed by atoms with E-state index in [4.69, 9.17) is 11.6 Å². The third-order valence-corrected chi connectivity index (χ3v) is 3.58. The van der Waals surface area contributed by atoms with Gasteiger partial charge in [-0.3, -0.25) is 4.79 Å². The van der Waals surface area contributed by atoms with Gasteiger partial charge in [0.2, 0.25) is 11.7 Å². The zero-order chi connectivity index (χ0) is 18.5. The Hall–Kier alpha value is -3.39. The number of anilines is 2. The Labute approximate surface area is 153 Å². The Morgan fingerprint density at radius 2 is 1.92 bits per heavy atom. The zero-order valence-corrected chi connectivity index (χ0v) is 14.1. The fourth-order valence-electron chi connectivity index (χ4n) is 2.10. The normalized spacial score (nSPS) is 11.2. The first-order valence-electron chi connectivity index (χ1n) is 7.38. The van der Waals surface area contributed by atoms with Gasteiger partial charge in [-0.15, -0.1) is 0 Å². The number of hydrogen-bond donors (Lipinski definition) is 3. The summed E-state index contributed by atoms with van der Waals surface area (Å²) in [6.45, 7) is 3.76. The van der Waals surface area contributed by atoms with E-state index in [2.05, 4.69) is 37.7 Å². The number of nitrogens with one attached hydrogen (secondary N) is 2. The summed E-state index contributed by atoms with van der Waals surface area (Å²) in [5.41, 5.74) is 1.76. The van der Waals surface area contributed by atoms with Crippen molar-refractivity contribution in [2.45, 2.75) is 0 Å². The van der Waals surface area contributed by atoms with E-state index in [-0.39, 0.29) is 17.3 Å². The number of hydrogen-bond acceptors (Lipinski definition) is 6. The highest BCUT2D eigenvalue weighted by atomic mass is 35.5. The van der Waals surface area contributed by atoms with Crippen LogP contribution in [0, 0.1) is 6.92 Å². The molecule has 0 fully saturated rings. The van der Waals surface area contributed by atoms with E-state index >= 15 is 0 Å². The molecule has 0 unspecified atom stereocenters. The monoisotopic (exact) mass is 370 g/mol. The summed E-state index contributed by atoms with van der Waals surface area (Å²) in [5, 5.41) is 25.6. The van der Waals surface area contributed by atoms with E-state index in [1.54, 1.807) is 48.5 Å². The predicted octanol–water partition coefficient (Wildman–Crippen LogP) is 3.41. The predicted molar refractivity (Wildman–Crippen MR) is 96.6 cm³/mol. The summed E-state index contributed by atoms with van der Waals surface area (Å²) in [4.78, 5) is 12.3. The quantitative estimate of drug-likeness (QED) is 0.281. The van der Waals surface area contributed by atoms with Gasteiger partial charge >= 0.3 is 0 Å². The number of carbonyl (C=O) groups excluding carboxylic acids is 1. The van der Waals surface area contributed by atoms with Crippen molar-refractivity contribution >= 4 is 34.8 Å². The molecule has 3 aromatic rings. The second-order valence-electron chi connectivity index (χ2n) is 5.20. The van der Waals surface area contributed by atoms with Gasteiger partial charge in [-0.05, 0) is 53.1 Å². The van der Waals surface area contributed by atoms with Crippen molar-refractivity contribution in [3.8, 4) is 0 Å². The number of carbonyl (C=O) groups is 1. The molecule has 8 nitrogen and oxygen atoms in total. The third kappa shape index (κ3) is 3.98.